The molecule has 1 atom stereocenters. The molecule has 13 heteroatoms. The monoisotopic (exact) mass is 645 g/mol. The van der Waals surface area contributed by atoms with Crippen LogP contribution in [-0.4, -0.2) is 88.7 Å². The van der Waals surface area contributed by atoms with Gasteiger partial charge in [0, 0.05) is 64.8 Å². The molecule has 0 saturated carbocycles. The summed E-state index contributed by atoms with van der Waals surface area (Å²) >= 11 is 0. The van der Waals surface area contributed by atoms with Crippen LogP contribution in [0.1, 0.15) is 65.1 Å². The van der Waals surface area contributed by atoms with Crippen LogP contribution in [0.2, 0.25) is 0 Å². The number of nitrogens with one attached hydrogen (secondary N) is 2. The third kappa shape index (κ3) is 8.02. The van der Waals surface area contributed by atoms with Gasteiger partial charge in [-0.3, -0.25) is 24.2 Å². The topological polar surface area (TPSA) is 140 Å². The summed E-state index contributed by atoms with van der Waals surface area (Å²) in [6.45, 7) is 4.45. The van der Waals surface area contributed by atoms with Gasteiger partial charge in [0.25, 0.3) is 11.8 Å². The zero-order chi connectivity index (χ0) is 33.5. The number of aryl methyl sites for hydroxylation is 3. The molecule has 5 rings (SSSR count). The molecule has 1 unspecified atom stereocenters. The van der Waals surface area contributed by atoms with Gasteiger partial charge in [-0.2, -0.15) is 0 Å². The summed E-state index contributed by atoms with van der Waals surface area (Å²) in [6.07, 6.45) is 10.6. The van der Waals surface area contributed by atoms with Crippen molar-refractivity contribution < 1.29 is 28.7 Å². The molecule has 1 aromatic carbocycles. The standard InChI is InChI=1S/C34H43N7O6/c1-23-15-30(46-4)31(18-27(23)35-19-26-9-7-13-41(26)22-42)47-14-8-10-32(43)36-24-16-28(38(2)20-24)33(44)37-25-17-29(39(3)21-25)34(45)40-11-5-6-12-40/h15-22,26H,5-14H2,1-4H3,(H,36,43)(H,37,44)/b35-19-. The Balaban J connectivity index is 1.11. The minimum absolute atomic E-state index is 0.0135. The Labute approximate surface area is 274 Å². The Morgan fingerprint density at radius 3 is 2.36 bits per heavy atom. The van der Waals surface area contributed by atoms with E-state index < -0.39 is 0 Å². The minimum atomic E-state index is -0.354. The molecule has 2 N–H and O–H groups in total. The fourth-order valence-electron chi connectivity index (χ4n) is 5.95. The lowest BCUT2D eigenvalue weighted by Gasteiger charge is -2.16. The van der Waals surface area contributed by atoms with Crippen molar-refractivity contribution >= 4 is 47.4 Å². The minimum Gasteiger partial charge on any atom is -0.493 e. The Morgan fingerprint density at radius 2 is 1.64 bits per heavy atom. The number of aromatic nitrogens is 2. The van der Waals surface area contributed by atoms with Crippen LogP contribution in [0.15, 0.2) is 41.7 Å². The zero-order valence-electron chi connectivity index (χ0n) is 27.5. The van der Waals surface area contributed by atoms with Crippen molar-refractivity contribution in [3.8, 4) is 11.5 Å². The van der Waals surface area contributed by atoms with E-state index in [9.17, 15) is 19.2 Å². The number of methoxy groups -OCH3 is 1. The second kappa shape index (κ2) is 15.0. The van der Waals surface area contributed by atoms with Gasteiger partial charge in [-0.05, 0) is 62.8 Å². The van der Waals surface area contributed by atoms with Crippen molar-refractivity contribution in [2.24, 2.45) is 19.1 Å². The number of carbonyl (C=O) groups is 4. The van der Waals surface area contributed by atoms with E-state index in [2.05, 4.69) is 15.6 Å². The second-order valence-electron chi connectivity index (χ2n) is 12.0. The number of aliphatic imine (C=N–C) groups is 1. The highest BCUT2D eigenvalue weighted by atomic mass is 16.5. The van der Waals surface area contributed by atoms with Gasteiger partial charge < -0.3 is 39.0 Å². The first-order valence-corrected chi connectivity index (χ1v) is 16.0. The van der Waals surface area contributed by atoms with Crippen molar-refractivity contribution in [1.82, 2.24) is 18.9 Å². The summed E-state index contributed by atoms with van der Waals surface area (Å²) in [5.41, 5.74) is 3.54. The molecule has 250 valence electrons. The van der Waals surface area contributed by atoms with E-state index in [1.165, 1.54) is 0 Å². The van der Waals surface area contributed by atoms with Crippen molar-refractivity contribution in [2.45, 2.75) is 51.5 Å². The second-order valence-corrected chi connectivity index (χ2v) is 12.0. The lowest BCUT2D eigenvalue weighted by Crippen LogP contribution is -2.29. The van der Waals surface area contributed by atoms with Crippen LogP contribution in [0.25, 0.3) is 0 Å². The lowest BCUT2D eigenvalue weighted by atomic mass is 10.1. The smallest absolute Gasteiger partial charge is 0.272 e. The maximum atomic E-state index is 13.1. The summed E-state index contributed by atoms with van der Waals surface area (Å²) in [7, 11) is 5.08. The molecule has 3 aromatic rings. The number of benzene rings is 1. The summed E-state index contributed by atoms with van der Waals surface area (Å²) in [4.78, 5) is 58.1. The molecule has 47 heavy (non-hydrogen) atoms. The van der Waals surface area contributed by atoms with Gasteiger partial charge in [0.05, 0.1) is 36.8 Å². The molecule has 4 amide bonds. The fourth-order valence-corrected chi connectivity index (χ4v) is 5.95. The Bertz CT molecular complexity index is 1650. The van der Waals surface area contributed by atoms with E-state index in [1.807, 2.05) is 24.0 Å². The summed E-state index contributed by atoms with van der Waals surface area (Å²) in [5.74, 6) is 0.485. The van der Waals surface area contributed by atoms with Gasteiger partial charge in [0.2, 0.25) is 12.3 Å². The number of nitrogens with zero attached hydrogens (tertiary/aromatic N) is 5. The number of rotatable bonds is 13. The van der Waals surface area contributed by atoms with Crippen LogP contribution in [0.4, 0.5) is 17.1 Å². The molecule has 2 aliphatic heterocycles. The molecule has 0 spiro atoms. The average molecular weight is 646 g/mol. The first-order chi connectivity index (χ1) is 22.7. The molecule has 0 aliphatic carbocycles. The predicted octanol–water partition coefficient (Wildman–Crippen LogP) is 4.29. The summed E-state index contributed by atoms with van der Waals surface area (Å²) in [6, 6.07) is 6.95. The van der Waals surface area contributed by atoms with Gasteiger partial charge in [-0.1, -0.05) is 0 Å². The highest BCUT2D eigenvalue weighted by Crippen LogP contribution is 2.35. The van der Waals surface area contributed by atoms with Gasteiger partial charge in [-0.15, -0.1) is 0 Å². The van der Waals surface area contributed by atoms with Crippen molar-refractivity contribution in [3.05, 3.63) is 53.6 Å². The molecule has 2 fully saturated rings. The number of ether oxygens (including phenoxy) is 2. The Morgan fingerprint density at radius 1 is 0.936 bits per heavy atom. The lowest BCUT2D eigenvalue weighted by molar-refractivity contribution is -0.118. The average Bonchev–Trinajstić information content (AvgIpc) is 3.86. The third-order valence-corrected chi connectivity index (χ3v) is 8.55. The van der Waals surface area contributed by atoms with Crippen LogP contribution < -0.4 is 20.1 Å². The van der Waals surface area contributed by atoms with Gasteiger partial charge in [0.15, 0.2) is 11.5 Å². The van der Waals surface area contributed by atoms with E-state index in [1.54, 1.807) is 66.0 Å². The van der Waals surface area contributed by atoms with E-state index >= 15 is 0 Å². The molecule has 4 heterocycles. The number of amides is 4. The van der Waals surface area contributed by atoms with Crippen LogP contribution in [0.5, 0.6) is 11.5 Å². The van der Waals surface area contributed by atoms with Gasteiger partial charge >= 0.3 is 0 Å². The molecule has 13 nitrogen and oxygen atoms in total. The molecule has 2 saturated heterocycles. The number of hydrogen-bond acceptors (Lipinski definition) is 7. The van der Waals surface area contributed by atoms with Crippen molar-refractivity contribution in [1.29, 1.82) is 0 Å². The van der Waals surface area contributed by atoms with Crippen LogP contribution >= 0.6 is 0 Å². The largest absolute Gasteiger partial charge is 0.493 e. The summed E-state index contributed by atoms with van der Waals surface area (Å²) < 4.78 is 14.8. The van der Waals surface area contributed by atoms with E-state index in [0.29, 0.717) is 40.7 Å². The van der Waals surface area contributed by atoms with Crippen LogP contribution in [0.3, 0.4) is 0 Å². The third-order valence-electron chi connectivity index (χ3n) is 8.55. The molecule has 0 radical (unpaired) electrons. The predicted molar refractivity (Wildman–Crippen MR) is 179 cm³/mol. The molecule has 0 bridgehead atoms. The van der Waals surface area contributed by atoms with Crippen LogP contribution in [-0.2, 0) is 23.7 Å². The van der Waals surface area contributed by atoms with Crippen molar-refractivity contribution in [2.75, 3.05) is 44.0 Å². The number of anilines is 2. The first-order valence-electron chi connectivity index (χ1n) is 16.0. The maximum Gasteiger partial charge on any atom is 0.272 e. The highest BCUT2D eigenvalue weighted by molar-refractivity contribution is 6.05. The SMILES string of the molecule is COc1cc(C)c(/N=C\C2CCCN2C=O)cc1OCCCC(=O)Nc1cc(C(=O)Nc2cc(C(=O)N3CCCC3)n(C)c2)n(C)c1. The van der Waals surface area contributed by atoms with Gasteiger partial charge in [-0.25, -0.2) is 0 Å². The molecular formula is C34H43N7O6. The normalized spacial score (nSPS) is 16.1. The number of likely N-dealkylation sites (tertiary alicyclic amines) is 2. The highest BCUT2D eigenvalue weighted by Gasteiger charge is 2.24. The molecular weight excluding hydrogens is 602 g/mol. The summed E-state index contributed by atoms with van der Waals surface area (Å²) in [5, 5.41) is 5.71. The first kappa shape index (κ1) is 33.3. The Kier molecular flexibility index (Phi) is 10.6. The number of carbonyl (C=O) groups excluding carboxylic acids is 4. The zero-order valence-corrected chi connectivity index (χ0v) is 27.5. The van der Waals surface area contributed by atoms with Gasteiger partial charge in [0.1, 0.15) is 11.4 Å². The van der Waals surface area contributed by atoms with E-state index in [4.69, 9.17) is 9.47 Å². The Hall–Kier alpha value is -5.07. The molecule has 2 aromatic heterocycles. The fraction of sp³-hybridized carbons (Fsp3) is 0.441. The van der Waals surface area contributed by atoms with Crippen molar-refractivity contribution in [3.63, 3.8) is 0 Å². The molecule has 2 aliphatic rings. The maximum absolute atomic E-state index is 13.1. The quantitative estimate of drug-likeness (QED) is 0.162. The van der Waals surface area contributed by atoms with Crippen LogP contribution in [0, 0.1) is 6.92 Å². The van der Waals surface area contributed by atoms with E-state index in [-0.39, 0.29) is 36.8 Å². The number of hydrogen-bond donors (Lipinski definition) is 2. The van der Waals surface area contributed by atoms with E-state index in [0.717, 1.165) is 63.0 Å².